The summed E-state index contributed by atoms with van der Waals surface area (Å²) in [5.74, 6) is 0.460. The Labute approximate surface area is 89.1 Å². The quantitative estimate of drug-likeness (QED) is 0.732. The van der Waals surface area contributed by atoms with Gasteiger partial charge in [0.15, 0.2) is 0 Å². The first-order valence-corrected chi connectivity index (χ1v) is 4.81. The second-order valence-electron chi connectivity index (χ2n) is 3.22. The summed E-state index contributed by atoms with van der Waals surface area (Å²) >= 11 is 0. The van der Waals surface area contributed by atoms with Crippen LogP contribution in [0.3, 0.4) is 0 Å². The third-order valence-electron chi connectivity index (χ3n) is 1.61. The molecule has 1 rings (SSSR count). The molecule has 0 atom stereocenters. The van der Waals surface area contributed by atoms with Crippen LogP contribution in [0.5, 0.6) is 0 Å². The molecule has 80 valence electrons. The van der Waals surface area contributed by atoms with E-state index in [2.05, 4.69) is 15.3 Å². The van der Waals surface area contributed by atoms with E-state index in [0.29, 0.717) is 24.8 Å². The lowest BCUT2D eigenvalue weighted by atomic mass is 10.4. The van der Waals surface area contributed by atoms with Crippen molar-refractivity contribution >= 4 is 5.95 Å². The Bertz CT molecular complexity index is 346. The first kappa shape index (κ1) is 11.4. The maximum atomic E-state index is 8.61. The molecule has 0 radical (unpaired) electrons. The van der Waals surface area contributed by atoms with Gasteiger partial charge in [-0.25, -0.2) is 9.97 Å². The van der Waals surface area contributed by atoms with Gasteiger partial charge in [-0.15, -0.1) is 0 Å². The highest BCUT2D eigenvalue weighted by atomic mass is 16.5. The van der Waals surface area contributed by atoms with E-state index in [1.807, 2.05) is 19.9 Å². The molecule has 0 saturated heterocycles. The van der Waals surface area contributed by atoms with Crippen molar-refractivity contribution in [1.29, 1.82) is 5.26 Å². The fraction of sp³-hybridized carbons (Fsp3) is 0.500. The number of hydrogen-bond acceptors (Lipinski definition) is 5. The molecule has 0 aliphatic carbocycles. The van der Waals surface area contributed by atoms with Crippen LogP contribution >= 0.6 is 0 Å². The zero-order valence-electron chi connectivity index (χ0n) is 8.90. The van der Waals surface area contributed by atoms with Crippen molar-refractivity contribution < 1.29 is 4.74 Å². The predicted octanol–water partition coefficient (Wildman–Crippen LogP) is 1.19. The molecule has 0 aromatic carbocycles. The van der Waals surface area contributed by atoms with E-state index in [1.165, 1.54) is 0 Å². The highest BCUT2D eigenvalue weighted by Gasteiger charge is 1.97. The van der Waals surface area contributed by atoms with Gasteiger partial charge in [0, 0.05) is 12.7 Å². The number of anilines is 1. The number of rotatable bonds is 5. The van der Waals surface area contributed by atoms with Gasteiger partial charge >= 0.3 is 0 Å². The molecule has 0 aliphatic heterocycles. The van der Waals surface area contributed by atoms with Crippen LogP contribution in [-0.2, 0) is 4.74 Å². The van der Waals surface area contributed by atoms with E-state index in [1.54, 1.807) is 12.3 Å². The minimum absolute atomic E-state index is 0.221. The molecular formula is C10H14N4O. The van der Waals surface area contributed by atoms with E-state index in [-0.39, 0.29) is 6.10 Å². The van der Waals surface area contributed by atoms with E-state index < -0.39 is 0 Å². The first-order valence-electron chi connectivity index (χ1n) is 4.81. The van der Waals surface area contributed by atoms with Gasteiger partial charge in [0.2, 0.25) is 5.95 Å². The number of nitrogens with zero attached hydrogens (tertiary/aromatic N) is 3. The van der Waals surface area contributed by atoms with Crippen molar-refractivity contribution in [3.8, 4) is 6.07 Å². The maximum absolute atomic E-state index is 8.61. The maximum Gasteiger partial charge on any atom is 0.223 e. The normalized spacial score (nSPS) is 10.0. The van der Waals surface area contributed by atoms with Gasteiger partial charge in [-0.1, -0.05) is 0 Å². The van der Waals surface area contributed by atoms with Gasteiger partial charge in [-0.3, -0.25) is 0 Å². The molecule has 1 aromatic rings. The molecule has 0 spiro atoms. The summed E-state index contributed by atoms with van der Waals surface area (Å²) < 4.78 is 5.34. The third-order valence-corrected chi connectivity index (χ3v) is 1.61. The molecule has 1 heterocycles. The second kappa shape index (κ2) is 5.94. The topological polar surface area (TPSA) is 70.8 Å². The predicted molar refractivity (Wildman–Crippen MR) is 56.3 cm³/mol. The Hall–Kier alpha value is -1.67. The largest absolute Gasteiger partial charge is 0.377 e. The van der Waals surface area contributed by atoms with Crippen molar-refractivity contribution in [2.45, 2.75) is 20.0 Å². The molecule has 0 bridgehead atoms. The standard InChI is InChI=1S/C10H14N4O/c1-8(2)15-6-5-13-10-12-4-3-9(7-11)14-10/h3-4,8H,5-6H2,1-2H3,(H,12,13,14). The van der Waals surface area contributed by atoms with Gasteiger partial charge in [0.25, 0.3) is 0 Å². The van der Waals surface area contributed by atoms with Crippen LogP contribution in [0, 0.1) is 11.3 Å². The molecule has 0 fully saturated rings. The van der Waals surface area contributed by atoms with Gasteiger partial charge < -0.3 is 10.1 Å². The highest BCUT2D eigenvalue weighted by Crippen LogP contribution is 1.98. The molecule has 0 amide bonds. The zero-order chi connectivity index (χ0) is 11.1. The Morgan fingerprint density at radius 2 is 2.40 bits per heavy atom. The van der Waals surface area contributed by atoms with Crippen molar-refractivity contribution in [1.82, 2.24) is 9.97 Å². The molecule has 0 unspecified atom stereocenters. The van der Waals surface area contributed by atoms with Crippen LogP contribution in [0.1, 0.15) is 19.5 Å². The molecular weight excluding hydrogens is 192 g/mol. The molecule has 15 heavy (non-hydrogen) atoms. The van der Waals surface area contributed by atoms with Gasteiger partial charge in [-0.05, 0) is 19.9 Å². The van der Waals surface area contributed by atoms with Crippen molar-refractivity contribution in [2.24, 2.45) is 0 Å². The van der Waals surface area contributed by atoms with Crippen LogP contribution in [-0.4, -0.2) is 29.2 Å². The number of hydrogen-bond donors (Lipinski definition) is 1. The average Bonchev–Trinajstić information content (AvgIpc) is 2.24. The van der Waals surface area contributed by atoms with Crippen molar-refractivity contribution in [3.05, 3.63) is 18.0 Å². The van der Waals surface area contributed by atoms with Gasteiger partial charge in [-0.2, -0.15) is 5.26 Å². The zero-order valence-corrected chi connectivity index (χ0v) is 8.90. The first-order chi connectivity index (χ1) is 7.22. The summed E-state index contributed by atoms with van der Waals surface area (Å²) in [6.07, 6.45) is 1.77. The Morgan fingerprint density at radius 3 is 3.07 bits per heavy atom. The lowest BCUT2D eigenvalue weighted by Crippen LogP contribution is -2.14. The summed E-state index contributed by atoms with van der Waals surface area (Å²) in [7, 11) is 0. The lowest BCUT2D eigenvalue weighted by Gasteiger charge is -2.08. The molecule has 5 nitrogen and oxygen atoms in total. The Kier molecular flexibility index (Phi) is 4.51. The summed E-state index contributed by atoms with van der Waals surface area (Å²) in [6, 6.07) is 3.52. The SMILES string of the molecule is CC(C)OCCNc1nccc(C#N)n1. The van der Waals surface area contributed by atoms with Crippen molar-refractivity contribution in [3.63, 3.8) is 0 Å². The Balaban J connectivity index is 2.35. The van der Waals surface area contributed by atoms with Gasteiger partial charge in [0.1, 0.15) is 11.8 Å². The number of nitriles is 1. The molecule has 0 aliphatic rings. The third kappa shape index (κ3) is 4.38. The van der Waals surface area contributed by atoms with Crippen LogP contribution in [0.2, 0.25) is 0 Å². The van der Waals surface area contributed by atoms with Crippen molar-refractivity contribution in [2.75, 3.05) is 18.5 Å². The van der Waals surface area contributed by atoms with Crippen LogP contribution in [0.4, 0.5) is 5.95 Å². The minimum Gasteiger partial charge on any atom is -0.377 e. The monoisotopic (exact) mass is 206 g/mol. The van der Waals surface area contributed by atoms with Gasteiger partial charge in [0.05, 0.1) is 12.7 Å². The number of aromatic nitrogens is 2. The summed E-state index contributed by atoms with van der Waals surface area (Å²) in [5.41, 5.74) is 0.359. The minimum atomic E-state index is 0.221. The van der Waals surface area contributed by atoms with E-state index >= 15 is 0 Å². The van der Waals surface area contributed by atoms with E-state index in [0.717, 1.165) is 0 Å². The number of ether oxygens (including phenoxy) is 1. The van der Waals surface area contributed by atoms with E-state index in [9.17, 15) is 0 Å². The fourth-order valence-corrected chi connectivity index (χ4v) is 0.964. The lowest BCUT2D eigenvalue weighted by molar-refractivity contribution is 0.0870. The highest BCUT2D eigenvalue weighted by molar-refractivity contribution is 5.29. The average molecular weight is 206 g/mol. The molecule has 5 heteroatoms. The second-order valence-corrected chi connectivity index (χ2v) is 3.22. The van der Waals surface area contributed by atoms with Crippen LogP contribution < -0.4 is 5.32 Å². The summed E-state index contributed by atoms with van der Waals surface area (Å²) in [5, 5.41) is 11.6. The van der Waals surface area contributed by atoms with E-state index in [4.69, 9.17) is 10.00 Å². The van der Waals surface area contributed by atoms with Crippen LogP contribution in [0.25, 0.3) is 0 Å². The summed E-state index contributed by atoms with van der Waals surface area (Å²) in [6.45, 7) is 5.18. The van der Waals surface area contributed by atoms with Crippen LogP contribution in [0.15, 0.2) is 12.3 Å². The summed E-state index contributed by atoms with van der Waals surface area (Å²) in [4.78, 5) is 7.94. The molecule has 1 N–H and O–H groups in total. The molecule has 1 aromatic heterocycles. The fourth-order valence-electron chi connectivity index (χ4n) is 0.964. The molecule has 0 saturated carbocycles. The Morgan fingerprint density at radius 1 is 1.60 bits per heavy atom. The number of nitrogens with one attached hydrogen (secondary N) is 1. The smallest absolute Gasteiger partial charge is 0.223 e.